The van der Waals surface area contributed by atoms with Gasteiger partial charge < -0.3 is 5.32 Å². The lowest BCUT2D eigenvalue weighted by atomic mass is 10.1. The lowest BCUT2D eigenvalue weighted by Gasteiger charge is -2.09. The second kappa shape index (κ2) is 7.53. The molecule has 0 fully saturated rings. The van der Waals surface area contributed by atoms with E-state index in [0.717, 1.165) is 5.56 Å². The Bertz CT molecular complexity index is 965. The Balaban J connectivity index is 1.64. The summed E-state index contributed by atoms with van der Waals surface area (Å²) < 4.78 is 1.49. The number of nitrogens with zero attached hydrogens (tertiary/aromatic N) is 2. The van der Waals surface area contributed by atoms with Crippen molar-refractivity contribution in [1.82, 2.24) is 14.9 Å². The maximum absolute atomic E-state index is 12.3. The van der Waals surface area contributed by atoms with Gasteiger partial charge in [-0.3, -0.25) is 14.2 Å². The number of benzene rings is 2. The predicted molar refractivity (Wildman–Crippen MR) is 101 cm³/mol. The van der Waals surface area contributed by atoms with Crippen molar-refractivity contribution in [2.24, 2.45) is 7.05 Å². The molecule has 0 saturated carbocycles. The number of para-hydroxylation sites is 1. The van der Waals surface area contributed by atoms with E-state index in [-0.39, 0.29) is 17.2 Å². The monoisotopic (exact) mass is 353 g/mol. The number of fused-ring (bicyclic) bond motifs is 1. The molecule has 128 valence electrons. The van der Waals surface area contributed by atoms with E-state index in [9.17, 15) is 9.59 Å². The molecule has 5 nitrogen and oxygen atoms in total. The molecule has 0 saturated heterocycles. The highest BCUT2D eigenvalue weighted by Gasteiger charge is 2.10. The Morgan fingerprint density at radius 1 is 1.16 bits per heavy atom. The third-order valence-electron chi connectivity index (χ3n) is 3.88. The molecular weight excluding hydrogens is 334 g/mol. The first-order chi connectivity index (χ1) is 12.0. The fourth-order valence-corrected chi connectivity index (χ4v) is 3.22. The van der Waals surface area contributed by atoms with Gasteiger partial charge in [-0.1, -0.05) is 53.7 Å². The second-order valence-electron chi connectivity index (χ2n) is 5.83. The van der Waals surface area contributed by atoms with Crippen molar-refractivity contribution in [3.63, 3.8) is 0 Å². The van der Waals surface area contributed by atoms with Crippen LogP contribution in [0.1, 0.15) is 11.1 Å². The van der Waals surface area contributed by atoms with E-state index >= 15 is 0 Å². The van der Waals surface area contributed by atoms with Crippen LogP contribution < -0.4 is 10.9 Å². The standard InChI is InChI=1S/C19H19N3O2S/c1-13-7-9-14(10-8-13)11-20-17(23)12-25-19-21-16-6-4-3-5-15(16)18(24)22(19)2/h3-10H,11-12H2,1-2H3,(H,20,23). The zero-order valence-corrected chi connectivity index (χ0v) is 15.0. The molecule has 0 bridgehead atoms. The number of aryl methyl sites for hydroxylation is 1. The molecule has 3 aromatic rings. The first kappa shape index (κ1) is 17.2. The van der Waals surface area contributed by atoms with E-state index in [1.807, 2.05) is 43.3 Å². The van der Waals surface area contributed by atoms with Gasteiger partial charge in [-0.05, 0) is 24.6 Å². The highest BCUT2D eigenvalue weighted by Crippen LogP contribution is 2.16. The van der Waals surface area contributed by atoms with Crippen LogP contribution in [-0.2, 0) is 18.4 Å². The topological polar surface area (TPSA) is 64.0 Å². The number of thioether (sulfide) groups is 1. The zero-order valence-electron chi connectivity index (χ0n) is 14.2. The third kappa shape index (κ3) is 4.09. The third-order valence-corrected chi connectivity index (χ3v) is 4.91. The lowest BCUT2D eigenvalue weighted by Crippen LogP contribution is -2.25. The summed E-state index contributed by atoms with van der Waals surface area (Å²) in [4.78, 5) is 28.9. The van der Waals surface area contributed by atoms with Crippen LogP contribution in [0.3, 0.4) is 0 Å². The summed E-state index contributed by atoms with van der Waals surface area (Å²) in [6, 6.07) is 15.3. The molecule has 0 atom stereocenters. The molecule has 1 N–H and O–H groups in total. The average molecular weight is 353 g/mol. The first-order valence-corrected chi connectivity index (χ1v) is 8.94. The van der Waals surface area contributed by atoms with Crippen LogP contribution >= 0.6 is 11.8 Å². The smallest absolute Gasteiger partial charge is 0.261 e. The molecule has 1 aromatic heterocycles. The van der Waals surface area contributed by atoms with Crippen LogP contribution in [0.2, 0.25) is 0 Å². The summed E-state index contributed by atoms with van der Waals surface area (Å²) >= 11 is 1.26. The van der Waals surface area contributed by atoms with Gasteiger partial charge in [0.1, 0.15) is 0 Å². The van der Waals surface area contributed by atoms with Gasteiger partial charge in [-0.15, -0.1) is 0 Å². The molecular formula is C19H19N3O2S. The summed E-state index contributed by atoms with van der Waals surface area (Å²) in [5.41, 5.74) is 2.79. The highest BCUT2D eigenvalue weighted by molar-refractivity contribution is 7.99. The SMILES string of the molecule is Cc1ccc(CNC(=O)CSc2nc3ccccc3c(=O)n2C)cc1. The number of nitrogens with one attached hydrogen (secondary N) is 1. The molecule has 2 aromatic carbocycles. The van der Waals surface area contributed by atoms with Gasteiger partial charge in [0.25, 0.3) is 5.56 Å². The molecule has 25 heavy (non-hydrogen) atoms. The predicted octanol–water partition coefficient (Wildman–Crippen LogP) is 2.65. The maximum atomic E-state index is 12.3. The van der Waals surface area contributed by atoms with Gasteiger partial charge in [-0.25, -0.2) is 4.98 Å². The Kier molecular flexibility index (Phi) is 5.19. The van der Waals surface area contributed by atoms with Crippen molar-refractivity contribution in [2.75, 3.05) is 5.75 Å². The fourth-order valence-electron chi connectivity index (χ4n) is 2.41. The molecule has 0 aliphatic carbocycles. The molecule has 0 unspecified atom stereocenters. The Labute approximate surface area is 150 Å². The first-order valence-electron chi connectivity index (χ1n) is 7.95. The molecule has 1 amide bonds. The number of rotatable bonds is 5. The van der Waals surface area contributed by atoms with Gasteiger partial charge in [0.05, 0.1) is 16.7 Å². The van der Waals surface area contributed by atoms with Crippen LogP contribution in [0.4, 0.5) is 0 Å². The highest BCUT2D eigenvalue weighted by atomic mass is 32.2. The van der Waals surface area contributed by atoms with Crippen LogP contribution in [-0.4, -0.2) is 21.2 Å². The average Bonchev–Trinajstić information content (AvgIpc) is 2.63. The van der Waals surface area contributed by atoms with E-state index < -0.39 is 0 Å². The molecule has 0 radical (unpaired) electrons. The van der Waals surface area contributed by atoms with Crippen LogP contribution in [0.15, 0.2) is 58.5 Å². The Hall–Kier alpha value is -2.60. The van der Waals surface area contributed by atoms with E-state index in [1.54, 1.807) is 19.2 Å². The van der Waals surface area contributed by atoms with Crippen molar-refractivity contribution in [3.05, 3.63) is 70.0 Å². The van der Waals surface area contributed by atoms with E-state index in [1.165, 1.54) is 21.9 Å². The lowest BCUT2D eigenvalue weighted by molar-refractivity contribution is -0.118. The summed E-state index contributed by atoms with van der Waals surface area (Å²) in [6.45, 7) is 2.52. The molecule has 1 heterocycles. The van der Waals surface area contributed by atoms with Gasteiger partial charge in [0, 0.05) is 13.6 Å². The van der Waals surface area contributed by atoms with Crippen LogP contribution in [0.25, 0.3) is 10.9 Å². The number of hydrogen-bond acceptors (Lipinski definition) is 4. The minimum atomic E-state index is -0.104. The number of amides is 1. The number of carbonyl (C=O) groups excluding carboxylic acids is 1. The number of hydrogen-bond donors (Lipinski definition) is 1. The van der Waals surface area contributed by atoms with Crippen molar-refractivity contribution in [2.45, 2.75) is 18.6 Å². The maximum Gasteiger partial charge on any atom is 0.261 e. The fraction of sp³-hybridized carbons (Fsp3) is 0.211. The van der Waals surface area contributed by atoms with Crippen LogP contribution in [0, 0.1) is 6.92 Å². The second-order valence-corrected chi connectivity index (χ2v) is 6.77. The largest absolute Gasteiger partial charge is 0.351 e. The number of carbonyl (C=O) groups is 1. The van der Waals surface area contributed by atoms with Crippen molar-refractivity contribution >= 4 is 28.6 Å². The quantitative estimate of drug-likeness (QED) is 0.566. The Morgan fingerprint density at radius 2 is 1.88 bits per heavy atom. The molecule has 6 heteroatoms. The van der Waals surface area contributed by atoms with Crippen LogP contribution in [0.5, 0.6) is 0 Å². The molecule has 0 aliphatic heterocycles. The van der Waals surface area contributed by atoms with Crippen molar-refractivity contribution < 1.29 is 4.79 Å². The van der Waals surface area contributed by atoms with Gasteiger partial charge >= 0.3 is 0 Å². The number of aromatic nitrogens is 2. The normalized spacial score (nSPS) is 10.8. The van der Waals surface area contributed by atoms with Gasteiger partial charge in [0.15, 0.2) is 5.16 Å². The zero-order chi connectivity index (χ0) is 17.8. The summed E-state index contributed by atoms with van der Waals surface area (Å²) in [5, 5.41) is 4.00. The van der Waals surface area contributed by atoms with Crippen molar-refractivity contribution in [1.29, 1.82) is 0 Å². The Morgan fingerprint density at radius 3 is 2.64 bits per heavy atom. The van der Waals surface area contributed by atoms with E-state index in [2.05, 4.69) is 10.3 Å². The summed E-state index contributed by atoms with van der Waals surface area (Å²) in [6.07, 6.45) is 0. The molecule has 3 rings (SSSR count). The van der Waals surface area contributed by atoms with Crippen molar-refractivity contribution in [3.8, 4) is 0 Å². The minimum absolute atomic E-state index is 0.0898. The van der Waals surface area contributed by atoms with Gasteiger partial charge in [0.2, 0.25) is 5.91 Å². The molecule has 0 aliphatic rings. The summed E-state index contributed by atoms with van der Waals surface area (Å²) in [7, 11) is 1.67. The van der Waals surface area contributed by atoms with E-state index in [4.69, 9.17) is 0 Å². The van der Waals surface area contributed by atoms with E-state index in [0.29, 0.717) is 22.6 Å². The van der Waals surface area contributed by atoms with Gasteiger partial charge in [-0.2, -0.15) is 0 Å². The molecule has 0 spiro atoms. The summed E-state index contributed by atoms with van der Waals surface area (Å²) in [5.74, 6) is 0.123. The minimum Gasteiger partial charge on any atom is -0.351 e.